The Morgan fingerprint density at radius 1 is 1.22 bits per heavy atom. The maximum atomic E-state index is 12.2. The van der Waals surface area contributed by atoms with Gasteiger partial charge in [0.1, 0.15) is 25.4 Å². The fourth-order valence-electron chi connectivity index (χ4n) is 2.17. The van der Waals surface area contributed by atoms with Gasteiger partial charge in [-0.05, 0) is 38.8 Å². The normalized spacial score (nSPS) is 11.0. The van der Waals surface area contributed by atoms with Crippen LogP contribution >= 0.6 is 0 Å². The fraction of sp³-hybridized carbons (Fsp3) is 0.579. The molecule has 2 amide bonds. The van der Waals surface area contributed by atoms with Crippen molar-refractivity contribution in [2.24, 2.45) is 0 Å². The van der Waals surface area contributed by atoms with Crippen molar-refractivity contribution in [3.63, 3.8) is 0 Å². The summed E-state index contributed by atoms with van der Waals surface area (Å²) < 4.78 is 10.4. The number of rotatable bonds is 10. The van der Waals surface area contributed by atoms with Gasteiger partial charge in [-0.25, -0.2) is 0 Å². The molecule has 1 aromatic rings. The van der Waals surface area contributed by atoms with Crippen molar-refractivity contribution < 1.29 is 23.9 Å². The van der Waals surface area contributed by atoms with E-state index in [1.54, 1.807) is 39.2 Å². The largest absolute Gasteiger partial charge is 0.459 e. The topological polar surface area (TPSA) is 97.8 Å². The average molecular weight is 379 g/mol. The van der Waals surface area contributed by atoms with Crippen LogP contribution in [0.4, 0.5) is 0 Å². The molecule has 1 aromatic heterocycles. The third kappa shape index (κ3) is 10.3. The van der Waals surface area contributed by atoms with Crippen LogP contribution in [0.2, 0.25) is 0 Å². The first-order valence-electron chi connectivity index (χ1n) is 8.94. The standard InChI is InChI=1S/C19H29N3O5/c1-5-9-22(12-18(25)27-19(2,3)4)17(24)14-26-13-16(23)21-11-15-7-6-8-20-10-15/h6-8,10H,5,9,11-14H2,1-4H3,(H,21,23). The Morgan fingerprint density at radius 2 is 1.96 bits per heavy atom. The molecule has 0 spiro atoms. The highest BCUT2D eigenvalue weighted by Gasteiger charge is 2.21. The summed E-state index contributed by atoms with van der Waals surface area (Å²) in [5.74, 6) is -1.16. The van der Waals surface area contributed by atoms with Gasteiger partial charge in [-0.3, -0.25) is 19.4 Å². The third-order valence-corrected chi connectivity index (χ3v) is 3.26. The predicted octanol–water partition coefficient (Wildman–Crippen LogP) is 1.29. The Bertz CT molecular complexity index is 614. The SMILES string of the molecule is CCCN(CC(=O)OC(C)(C)C)C(=O)COCC(=O)NCc1cccnc1. The number of hydrogen-bond donors (Lipinski definition) is 1. The fourth-order valence-corrected chi connectivity index (χ4v) is 2.17. The summed E-state index contributed by atoms with van der Waals surface area (Å²) in [7, 11) is 0. The number of esters is 1. The molecular formula is C19H29N3O5. The summed E-state index contributed by atoms with van der Waals surface area (Å²) in [4.78, 5) is 41.3. The lowest BCUT2D eigenvalue weighted by molar-refractivity contribution is -0.159. The van der Waals surface area contributed by atoms with Gasteiger partial charge in [-0.15, -0.1) is 0 Å². The molecule has 0 aliphatic carbocycles. The summed E-state index contributed by atoms with van der Waals surface area (Å²) in [5, 5.41) is 2.68. The lowest BCUT2D eigenvalue weighted by atomic mass is 10.2. The lowest BCUT2D eigenvalue weighted by Gasteiger charge is -2.24. The number of aromatic nitrogens is 1. The Balaban J connectivity index is 2.36. The highest BCUT2D eigenvalue weighted by molar-refractivity contribution is 5.83. The number of ether oxygens (including phenoxy) is 2. The van der Waals surface area contributed by atoms with Gasteiger partial charge in [0, 0.05) is 25.5 Å². The van der Waals surface area contributed by atoms with E-state index in [1.165, 1.54) is 4.90 Å². The number of carbonyl (C=O) groups excluding carboxylic acids is 3. The van der Waals surface area contributed by atoms with Gasteiger partial charge in [-0.2, -0.15) is 0 Å². The number of pyridine rings is 1. The minimum atomic E-state index is -0.610. The molecule has 1 N–H and O–H groups in total. The zero-order valence-electron chi connectivity index (χ0n) is 16.5. The second-order valence-electron chi connectivity index (χ2n) is 7.03. The Kier molecular flexibility index (Phi) is 9.42. The molecular weight excluding hydrogens is 350 g/mol. The number of amides is 2. The third-order valence-electron chi connectivity index (χ3n) is 3.26. The van der Waals surface area contributed by atoms with E-state index in [4.69, 9.17) is 9.47 Å². The molecule has 150 valence electrons. The molecule has 8 nitrogen and oxygen atoms in total. The molecule has 0 radical (unpaired) electrons. The van der Waals surface area contributed by atoms with Gasteiger partial charge >= 0.3 is 5.97 Å². The van der Waals surface area contributed by atoms with Gasteiger partial charge < -0.3 is 19.7 Å². The Labute approximate surface area is 160 Å². The number of nitrogens with zero attached hydrogens (tertiary/aromatic N) is 2. The van der Waals surface area contributed by atoms with Crippen LogP contribution in [0.25, 0.3) is 0 Å². The first-order chi connectivity index (χ1) is 12.7. The molecule has 0 fully saturated rings. The maximum Gasteiger partial charge on any atom is 0.326 e. The Morgan fingerprint density at radius 3 is 2.56 bits per heavy atom. The van der Waals surface area contributed by atoms with Crippen LogP contribution in [-0.2, 0) is 30.4 Å². The van der Waals surface area contributed by atoms with Crippen LogP contribution in [0.5, 0.6) is 0 Å². The second kappa shape index (κ2) is 11.3. The highest BCUT2D eigenvalue weighted by atomic mass is 16.6. The van der Waals surface area contributed by atoms with E-state index in [0.717, 1.165) is 5.56 Å². The van der Waals surface area contributed by atoms with Crippen molar-refractivity contribution in [2.75, 3.05) is 26.3 Å². The van der Waals surface area contributed by atoms with Crippen LogP contribution < -0.4 is 5.32 Å². The van der Waals surface area contributed by atoms with E-state index in [9.17, 15) is 14.4 Å². The zero-order valence-corrected chi connectivity index (χ0v) is 16.5. The lowest BCUT2D eigenvalue weighted by Crippen LogP contribution is -2.41. The number of hydrogen-bond acceptors (Lipinski definition) is 6. The van der Waals surface area contributed by atoms with Crippen LogP contribution in [0, 0.1) is 0 Å². The molecule has 0 atom stereocenters. The monoisotopic (exact) mass is 379 g/mol. The molecule has 0 unspecified atom stereocenters. The molecule has 1 heterocycles. The second-order valence-corrected chi connectivity index (χ2v) is 7.03. The van der Waals surface area contributed by atoms with Crippen molar-refractivity contribution in [3.05, 3.63) is 30.1 Å². The highest BCUT2D eigenvalue weighted by Crippen LogP contribution is 2.08. The van der Waals surface area contributed by atoms with E-state index in [2.05, 4.69) is 10.3 Å². The molecule has 0 saturated heterocycles. The molecule has 27 heavy (non-hydrogen) atoms. The smallest absolute Gasteiger partial charge is 0.326 e. The van der Waals surface area contributed by atoms with E-state index < -0.39 is 11.6 Å². The van der Waals surface area contributed by atoms with Crippen LogP contribution in [0.1, 0.15) is 39.7 Å². The van der Waals surface area contributed by atoms with E-state index >= 15 is 0 Å². The number of nitrogens with one attached hydrogen (secondary N) is 1. The molecule has 0 aromatic carbocycles. The first-order valence-corrected chi connectivity index (χ1v) is 8.94. The van der Waals surface area contributed by atoms with Crippen molar-refractivity contribution in [3.8, 4) is 0 Å². The zero-order chi connectivity index (χ0) is 20.3. The summed E-state index contributed by atoms with van der Waals surface area (Å²) in [6, 6.07) is 3.63. The Hall–Kier alpha value is -2.48. The van der Waals surface area contributed by atoms with E-state index in [-0.39, 0.29) is 31.6 Å². The van der Waals surface area contributed by atoms with Crippen LogP contribution in [0.3, 0.4) is 0 Å². The minimum Gasteiger partial charge on any atom is -0.459 e. The quantitative estimate of drug-likeness (QED) is 0.615. The van der Waals surface area contributed by atoms with E-state index in [0.29, 0.717) is 19.5 Å². The molecule has 0 bridgehead atoms. The van der Waals surface area contributed by atoms with Crippen molar-refractivity contribution >= 4 is 17.8 Å². The summed E-state index contributed by atoms with van der Waals surface area (Å²) in [5.41, 5.74) is 0.259. The van der Waals surface area contributed by atoms with Crippen LogP contribution in [-0.4, -0.2) is 59.6 Å². The molecule has 8 heteroatoms. The maximum absolute atomic E-state index is 12.2. The van der Waals surface area contributed by atoms with Gasteiger partial charge in [0.2, 0.25) is 11.8 Å². The number of carbonyl (C=O) groups is 3. The van der Waals surface area contributed by atoms with Gasteiger partial charge in [0.15, 0.2) is 0 Å². The van der Waals surface area contributed by atoms with Crippen molar-refractivity contribution in [2.45, 2.75) is 46.3 Å². The van der Waals surface area contributed by atoms with Crippen molar-refractivity contribution in [1.29, 1.82) is 0 Å². The van der Waals surface area contributed by atoms with Crippen molar-refractivity contribution in [1.82, 2.24) is 15.2 Å². The molecule has 1 rings (SSSR count). The minimum absolute atomic E-state index is 0.138. The van der Waals surface area contributed by atoms with E-state index in [1.807, 2.05) is 13.0 Å². The first kappa shape index (κ1) is 22.6. The summed E-state index contributed by atoms with van der Waals surface area (Å²) in [6.45, 7) is 7.31. The molecule has 0 aliphatic rings. The predicted molar refractivity (Wildman–Crippen MR) is 99.6 cm³/mol. The summed E-state index contributed by atoms with van der Waals surface area (Å²) in [6.07, 6.45) is 4.00. The summed E-state index contributed by atoms with van der Waals surface area (Å²) >= 11 is 0. The van der Waals surface area contributed by atoms with Crippen LogP contribution in [0.15, 0.2) is 24.5 Å². The molecule has 0 saturated carbocycles. The average Bonchev–Trinajstić information content (AvgIpc) is 2.59. The van der Waals surface area contributed by atoms with Gasteiger partial charge in [0.25, 0.3) is 0 Å². The van der Waals surface area contributed by atoms with Gasteiger partial charge in [0.05, 0.1) is 0 Å². The van der Waals surface area contributed by atoms with Gasteiger partial charge in [-0.1, -0.05) is 13.0 Å². The molecule has 0 aliphatic heterocycles.